The highest BCUT2D eigenvalue weighted by Gasteiger charge is 2.29. The zero-order chi connectivity index (χ0) is 41.7. The van der Waals surface area contributed by atoms with Crippen molar-refractivity contribution in [3.8, 4) is 16.9 Å². The lowest BCUT2D eigenvalue weighted by molar-refractivity contribution is -0.145. The first-order valence-electron chi connectivity index (χ1n) is 20.8. The fourth-order valence-electron chi connectivity index (χ4n) is 8.18. The second-order valence-electron chi connectivity index (χ2n) is 16.6. The summed E-state index contributed by atoms with van der Waals surface area (Å²) >= 11 is 1.45. The third kappa shape index (κ3) is 10.3. The highest BCUT2D eigenvalue weighted by atomic mass is 32.1. The van der Waals surface area contributed by atoms with Gasteiger partial charge in [-0.05, 0) is 151 Å². The molecule has 0 radical (unpaired) electrons. The molecule has 0 saturated carbocycles. The summed E-state index contributed by atoms with van der Waals surface area (Å²) in [6.07, 6.45) is 4.88. The Morgan fingerprint density at radius 3 is 2.54 bits per heavy atom. The molecule has 12 heteroatoms. The Kier molecular flexibility index (Phi) is 13.0. The van der Waals surface area contributed by atoms with E-state index in [0.29, 0.717) is 66.9 Å². The summed E-state index contributed by atoms with van der Waals surface area (Å²) in [4.78, 5) is 53.4. The van der Waals surface area contributed by atoms with Gasteiger partial charge < -0.3 is 19.1 Å². The van der Waals surface area contributed by atoms with Crippen molar-refractivity contribution < 1.29 is 28.6 Å². The Morgan fingerprint density at radius 1 is 0.966 bits per heavy atom. The van der Waals surface area contributed by atoms with E-state index < -0.39 is 11.6 Å². The molecule has 1 N–H and O–H groups in total. The number of hydrogen-bond acceptors (Lipinski definition) is 11. The highest BCUT2D eigenvalue weighted by Crippen LogP contribution is 2.34. The minimum atomic E-state index is -0.716. The van der Waals surface area contributed by atoms with E-state index in [1.54, 1.807) is 0 Å². The van der Waals surface area contributed by atoms with Crippen LogP contribution in [0.15, 0.2) is 72.8 Å². The molecule has 59 heavy (non-hydrogen) atoms. The average Bonchev–Trinajstić information content (AvgIpc) is 3.62. The van der Waals surface area contributed by atoms with E-state index in [1.165, 1.54) is 11.3 Å². The minimum absolute atomic E-state index is 0.147. The van der Waals surface area contributed by atoms with Crippen LogP contribution in [0.3, 0.4) is 0 Å². The van der Waals surface area contributed by atoms with Crippen molar-refractivity contribution in [2.75, 3.05) is 43.1 Å². The number of fused-ring (bicyclic) bond motifs is 2. The third-order valence-corrected chi connectivity index (χ3v) is 12.1. The molecule has 2 aliphatic rings. The summed E-state index contributed by atoms with van der Waals surface area (Å²) in [7, 11) is 0. The molecule has 5 aromatic rings. The molecule has 11 nitrogen and oxygen atoms in total. The van der Waals surface area contributed by atoms with Crippen LogP contribution in [0, 0.1) is 12.8 Å². The number of ether oxygens (including phenoxy) is 3. The predicted octanol–water partition coefficient (Wildman–Crippen LogP) is 9.26. The lowest BCUT2D eigenvalue weighted by atomic mass is 9.88. The van der Waals surface area contributed by atoms with Crippen molar-refractivity contribution in [1.82, 2.24) is 14.9 Å². The minimum Gasteiger partial charge on any atom is -0.494 e. The number of carbonyl (C=O) groups excluding carboxylic acids is 3. The molecule has 2 aliphatic heterocycles. The number of rotatable bonds is 13. The van der Waals surface area contributed by atoms with E-state index in [-0.39, 0.29) is 17.6 Å². The normalized spacial score (nSPS) is 17.0. The van der Waals surface area contributed by atoms with Gasteiger partial charge in [-0.25, -0.2) is 14.8 Å². The van der Waals surface area contributed by atoms with Crippen LogP contribution in [0.25, 0.3) is 21.3 Å². The maximum absolute atomic E-state index is 13.9. The number of benzene rings is 3. The van der Waals surface area contributed by atoms with Gasteiger partial charge >= 0.3 is 11.9 Å². The van der Waals surface area contributed by atoms with E-state index in [4.69, 9.17) is 19.2 Å². The molecule has 1 fully saturated rings. The number of nitrogens with zero attached hydrogens (tertiary/aromatic N) is 4. The van der Waals surface area contributed by atoms with Crippen molar-refractivity contribution in [2.24, 2.45) is 5.92 Å². The Labute approximate surface area is 351 Å². The molecular weight excluding hydrogens is 763 g/mol. The van der Waals surface area contributed by atoms with Gasteiger partial charge in [-0.1, -0.05) is 41.7 Å². The number of amides is 1. The van der Waals surface area contributed by atoms with Crippen LogP contribution >= 0.6 is 11.3 Å². The molecule has 310 valence electrons. The standard InChI is InChI=1S/C47H55N5O6S/c1-7-56-42(53)29-51-23-21-32(27-31(51)3)12-11-25-57-34-17-18-35(30(2)26-34)36-19-20-41(49-43(36)45(55)58-47(4,5)6)52-24-22-33-13-10-14-37(38(33)28-52)44(54)50-46-48-39-15-8-9-16-40(39)59-46/h8-10,13-20,26,31-32H,7,11-12,21-25,27-29H2,1-6H3,(H,48,50,54)/t31-,32+/m1/s1. The van der Waals surface area contributed by atoms with E-state index in [9.17, 15) is 14.4 Å². The van der Waals surface area contributed by atoms with Gasteiger partial charge in [0.05, 0.1) is 30.0 Å². The summed E-state index contributed by atoms with van der Waals surface area (Å²) in [5.41, 5.74) is 5.53. The first-order chi connectivity index (χ1) is 28.3. The van der Waals surface area contributed by atoms with Crippen molar-refractivity contribution in [2.45, 2.75) is 91.8 Å². The molecule has 1 amide bonds. The Bertz CT molecular complexity index is 2290. The summed E-state index contributed by atoms with van der Waals surface area (Å²) in [5, 5.41) is 3.58. The number of nitrogens with one attached hydrogen (secondary N) is 1. The lowest BCUT2D eigenvalue weighted by Crippen LogP contribution is -2.43. The van der Waals surface area contributed by atoms with Crippen LogP contribution in [0.4, 0.5) is 10.9 Å². The number of pyridine rings is 1. The molecule has 0 bridgehead atoms. The maximum Gasteiger partial charge on any atom is 0.358 e. The topological polar surface area (TPSA) is 123 Å². The first kappa shape index (κ1) is 41.8. The number of para-hydroxylation sites is 1. The number of aryl methyl sites for hydroxylation is 1. The molecule has 1 saturated heterocycles. The summed E-state index contributed by atoms with van der Waals surface area (Å²) in [5.74, 6) is 1.17. The van der Waals surface area contributed by atoms with Crippen LogP contribution in [0.1, 0.15) is 97.8 Å². The van der Waals surface area contributed by atoms with Crippen LogP contribution < -0.4 is 15.0 Å². The van der Waals surface area contributed by atoms with Gasteiger partial charge in [-0.15, -0.1) is 0 Å². The smallest absolute Gasteiger partial charge is 0.358 e. The summed E-state index contributed by atoms with van der Waals surface area (Å²) in [6.45, 7) is 15.0. The second kappa shape index (κ2) is 18.3. The Hall–Kier alpha value is -5.33. The lowest BCUT2D eigenvalue weighted by Gasteiger charge is -2.37. The van der Waals surface area contributed by atoms with Crippen molar-refractivity contribution in [3.05, 3.63) is 101 Å². The quantitative estimate of drug-likeness (QED) is 0.0909. The predicted molar refractivity (Wildman–Crippen MR) is 233 cm³/mol. The van der Waals surface area contributed by atoms with Gasteiger partial charge in [-0.2, -0.15) is 0 Å². The zero-order valence-electron chi connectivity index (χ0n) is 35.0. The van der Waals surface area contributed by atoms with Crippen LogP contribution in [0.5, 0.6) is 5.75 Å². The SMILES string of the molecule is CCOC(=O)CN1CC[C@H](CCCOc2ccc(-c3ccc(N4CCc5cccc(C(=O)Nc6nc7ccccc7s6)c5C4)nc3C(=O)OC(C)(C)C)c(C)c2)C[C@H]1C. The second-order valence-corrected chi connectivity index (χ2v) is 17.6. The molecule has 2 aromatic heterocycles. The third-order valence-electron chi connectivity index (χ3n) is 11.1. The maximum atomic E-state index is 13.9. The number of hydrogen-bond donors (Lipinski definition) is 1. The van der Waals surface area contributed by atoms with Gasteiger partial charge in [0.15, 0.2) is 10.8 Å². The number of aromatic nitrogens is 2. The zero-order valence-corrected chi connectivity index (χ0v) is 35.8. The monoisotopic (exact) mass is 817 g/mol. The van der Waals surface area contributed by atoms with Crippen LogP contribution in [-0.2, 0) is 27.2 Å². The van der Waals surface area contributed by atoms with Crippen molar-refractivity contribution in [3.63, 3.8) is 0 Å². The van der Waals surface area contributed by atoms with E-state index in [1.807, 2.05) is 101 Å². The molecule has 3 aromatic carbocycles. The average molecular weight is 818 g/mol. The largest absolute Gasteiger partial charge is 0.494 e. The molecule has 0 unspecified atom stereocenters. The van der Waals surface area contributed by atoms with Crippen LogP contribution in [0.2, 0.25) is 0 Å². The molecule has 7 rings (SSSR count). The Morgan fingerprint density at radius 2 is 1.78 bits per heavy atom. The molecule has 0 spiro atoms. The molecule has 4 heterocycles. The van der Waals surface area contributed by atoms with Gasteiger partial charge in [0.25, 0.3) is 5.91 Å². The van der Waals surface area contributed by atoms with Crippen molar-refractivity contribution in [1.29, 1.82) is 0 Å². The van der Waals surface area contributed by atoms with E-state index >= 15 is 0 Å². The first-order valence-corrected chi connectivity index (χ1v) is 21.6. The molecule has 0 aliphatic carbocycles. The van der Waals surface area contributed by atoms with Crippen molar-refractivity contribution >= 4 is 50.3 Å². The van der Waals surface area contributed by atoms with Gasteiger partial charge in [0.2, 0.25) is 0 Å². The highest BCUT2D eigenvalue weighted by molar-refractivity contribution is 7.22. The van der Waals surface area contributed by atoms with Gasteiger partial charge in [0.1, 0.15) is 17.2 Å². The number of thiazole rings is 1. The Balaban J connectivity index is 1.03. The number of anilines is 2. The fraction of sp³-hybridized carbons (Fsp3) is 0.426. The van der Waals surface area contributed by atoms with Gasteiger partial charge in [-0.3, -0.25) is 19.8 Å². The number of carbonyl (C=O) groups is 3. The number of likely N-dealkylation sites (tertiary alicyclic amines) is 1. The summed E-state index contributed by atoms with van der Waals surface area (Å²) in [6, 6.07) is 23.9. The van der Waals surface area contributed by atoms with Gasteiger partial charge in [0, 0.05) is 30.3 Å². The van der Waals surface area contributed by atoms with E-state index in [2.05, 4.69) is 33.1 Å². The van der Waals surface area contributed by atoms with E-state index in [0.717, 1.165) is 76.9 Å². The molecule has 2 atom stereocenters. The fourth-order valence-corrected chi connectivity index (χ4v) is 9.04. The van der Waals surface area contributed by atoms with Crippen LogP contribution in [-0.4, -0.2) is 77.2 Å². The number of piperidine rings is 1. The number of esters is 2. The molecular formula is C47H55N5O6S. The summed E-state index contributed by atoms with van der Waals surface area (Å²) < 4.78 is 18.3.